The molecule has 0 aliphatic rings. The maximum absolute atomic E-state index is 5.77. The average molecular weight is 231 g/mol. The van der Waals surface area contributed by atoms with Gasteiger partial charge in [-0.3, -0.25) is 0 Å². The van der Waals surface area contributed by atoms with Crippen LogP contribution in [0.25, 0.3) is 0 Å². The molecule has 0 bridgehead atoms. The lowest BCUT2D eigenvalue weighted by molar-refractivity contribution is 0.701. The minimum absolute atomic E-state index is 0.535. The number of anilines is 1. The van der Waals surface area contributed by atoms with Crippen molar-refractivity contribution < 1.29 is 0 Å². The van der Waals surface area contributed by atoms with E-state index in [4.69, 9.17) is 11.6 Å². The highest BCUT2D eigenvalue weighted by atomic mass is 35.5. The third kappa shape index (κ3) is 4.20. The molecule has 1 atom stereocenters. The Hall–Kier alpha value is -0.410. The van der Waals surface area contributed by atoms with Crippen LogP contribution in [0, 0.1) is 5.92 Å². The second kappa shape index (κ2) is 6.14. The highest BCUT2D eigenvalue weighted by Gasteiger charge is 2.00. The van der Waals surface area contributed by atoms with E-state index in [2.05, 4.69) is 23.5 Å². The van der Waals surface area contributed by atoms with E-state index >= 15 is 0 Å². The summed E-state index contributed by atoms with van der Waals surface area (Å²) in [5.41, 5.74) is 1.04. The molecule has 0 saturated heterocycles. The van der Waals surface area contributed by atoms with E-state index in [-0.39, 0.29) is 0 Å². The molecule has 1 rings (SSSR count). The summed E-state index contributed by atoms with van der Waals surface area (Å²) in [5, 5.41) is 3.87. The standard InChI is InChI=1S/C10H15ClN2S/c1-8(7-14-2)6-13-9-3-4-12-10(11)5-9/h3-5,8H,6-7H2,1-2H3,(H,12,13). The minimum Gasteiger partial charge on any atom is -0.385 e. The van der Waals surface area contributed by atoms with Crippen molar-refractivity contribution in [2.24, 2.45) is 5.92 Å². The molecule has 0 spiro atoms. The molecule has 78 valence electrons. The number of hydrogen-bond acceptors (Lipinski definition) is 3. The fraction of sp³-hybridized carbons (Fsp3) is 0.500. The maximum atomic E-state index is 5.77. The highest BCUT2D eigenvalue weighted by molar-refractivity contribution is 7.98. The van der Waals surface area contributed by atoms with Crippen LogP contribution in [-0.2, 0) is 0 Å². The van der Waals surface area contributed by atoms with Crippen molar-refractivity contribution in [3.05, 3.63) is 23.5 Å². The van der Waals surface area contributed by atoms with Gasteiger partial charge in [0, 0.05) is 18.4 Å². The van der Waals surface area contributed by atoms with Gasteiger partial charge in [0.05, 0.1) is 0 Å². The van der Waals surface area contributed by atoms with E-state index < -0.39 is 0 Å². The molecule has 1 N–H and O–H groups in total. The van der Waals surface area contributed by atoms with Crippen molar-refractivity contribution in [1.29, 1.82) is 0 Å². The van der Waals surface area contributed by atoms with Gasteiger partial charge in [0.1, 0.15) is 5.15 Å². The molecular formula is C10H15ClN2S. The Morgan fingerprint density at radius 1 is 1.64 bits per heavy atom. The van der Waals surface area contributed by atoms with Crippen LogP contribution >= 0.6 is 23.4 Å². The predicted molar refractivity (Wildman–Crippen MR) is 65.3 cm³/mol. The van der Waals surface area contributed by atoms with E-state index in [0.29, 0.717) is 11.1 Å². The average Bonchev–Trinajstić information content (AvgIpc) is 2.15. The first-order chi connectivity index (χ1) is 6.72. The predicted octanol–water partition coefficient (Wildman–Crippen LogP) is 3.15. The van der Waals surface area contributed by atoms with Gasteiger partial charge < -0.3 is 5.32 Å². The van der Waals surface area contributed by atoms with Gasteiger partial charge in [-0.25, -0.2) is 4.98 Å². The first-order valence-electron chi connectivity index (χ1n) is 4.56. The minimum atomic E-state index is 0.535. The van der Waals surface area contributed by atoms with E-state index in [0.717, 1.165) is 12.2 Å². The number of aromatic nitrogens is 1. The molecule has 1 unspecified atom stereocenters. The lowest BCUT2D eigenvalue weighted by Gasteiger charge is -2.11. The third-order valence-corrected chi connectivity index (χ3v) is 2.94. The molecule has 0 saturated carbocycles. The Kier molecular flexibility index (Phi) is 5.12. The molecule has 1 heterocycles. The zero-order chi connectivity index (χ0) is 10.4. The van der Waals surface area contributed by atoms with Crippen molar-refractivity contribution in [3.8, 4) is 0 Å². The Morgan fingerprint density at radius 3 is 3.07 bits per heavy atom. The molecule has 0 aliphatic carbocycles. The molecule has 0 amide bonds. The second-order valence-corrected chi connectivity index (χ2v) is 4.61. The summed E-state index contributed by atoms with van der Waals surface area (Å²) in [6, 6.07) is 3.77. The largest absolute Gasteiger partial charge is 0.385 e. The van der Waals surface area contributed by atoms with Crippen LogP contribution in [0.15, 0.2) is 18.3 Å². The number of halogens is 1. The van der Waals surface area contributed by atoms with Gasteiger partial charge in [0.2, 0.25) is 0 Å². The molecule has 4 heteroatoms. The normalized spacial score (nSPS) is 12.5. The summed E-state index contributed by atoms with van der Waals surface area (Å²) < 4.78 is 0. The molecular weight excluding hydrogens is 216 g/mol. The molecule has 0 radical (unpaired) electrons. The summed E-state index contributed by atoms with van der Waals surface area (Å²) in [7, 11) is 0. The van der Waals surface area contributed by atoms with Gasteiger partial charge in [0.25, 0.3) is 0 Å². The Bertz CT molecular complexity index is 281. The van der Waals surface area contributed by atoms with E-state index in [1.54, 1.807) is 6.20 Å². The van der Waals surface area contributed by atoms with Crippen LogP contribution in [0.2, 0.25) is 5.15 Å². The Morgan fingerprint density at radius 2 is 2.43 bits per heavy atom. The zero-order valence-electron chi connectivity index (χ0n) is 8.46. The van der Waals surface area contributed by atoms with Gasteiger partial charge in [0.15, 0.2) is 0 Å². The molecule has 0 aliphatic heterocycles. The van der Waals surface area contributed by atoms with Crippen LogP contribution in [0.3, 0.4) is 0 Å². The van der Waals surface area contributed by atoms with Gasteiger partial charge in [-0.15, -0.1) is 0 Å². The SMILES string of the molecule is CSCC(C)CNc1ccnc(Cl)c1. The number of rotatable bonds is 5. The fourth-order valence-electron chi connectivity index (χ4n) is 1.15. The summed E-state index contributed by atoms with van der Waals surface area (Å²) in [6.07, 6.45) is 3.84. The lowest BCUT2D eigenvalue weighted by Crippen LogP contribution is -2.13. The van der Waals surface area contributed by atoms with Crippen LogP contribution in [0.4, 0.5) is 5.69 Å². The zero-order valence-corrected chi connectivity index (χ0v) is 10.0. The van der Waals surface area contributed by atoms with E-state index in [1.165, 1.54) is 5.75 Å². The van der Waals surface area contributed by atoms with Gasteiger partial charge in [-0.1, -0.05) is 18.5 Å². The molecule has 1 aromatic heterocycles. The van der Waals surface area contributed by atoms with Gasteiger partial charge in [-0.2, -0.15) is 11.8 Å². The summed E-state index contributed by atoms with van der Waals surface area (Å²) in [4.78, 5) is 3.92. The third-order valence-electron chi connectivity index (χ3n) is 1.83. The van der Waals surface area contributed by atoms with Gasteiger partial charge >= 0.3 is 0 Å². The van der Waals surface area contributed by atoms with Crippen molar-refractivity contribution >= 4 is 29.1 Å². The van der Waals surface area contributed by atoms with Crippen LogP contribution < -0.4 is 5.32 Å². The first-order valence-corrected chi connectivity index (χ1v) is 6.34. The van der Waals surface area contributed by atoms with Crippen LogP contribution in [0.5, 0.6) is 0 Å². The topological polar surface area (TPSA) is 24.9 Å². The smallest absolute Gasteiger partial charge is 0.131 e. The number of hydrogen-bond donors (Lipinski definition) is 1. The fourth-order valence-corrected chi connectivity index (χ4v) is 2.01. The maximum Gasteiger partial charge on any atom is 0.131 e. The number of nitrogens with zero attached hydrogens (tertiary/aromatic N) is 1. The Balaban J connectivity index is 2.37. The van der Waals surface area contributed by atoms with Crippen molar-refractivity contribution in [1.82, 2.24) is 4.98 Å². The Labute approximate surface area is 94.5 Å². The number of nitrogens with one attached hydrogen (secondary N) is 1. The van der Waals surface area contributed by atoms with Crippen LogP contribution in [0.1, 0.15) is 6.92 Å². The van der Waals surface area contributed by atoms with Crippen molar-refractivity contribution in [3.63, 3.8) is 0 Å². The van der Waals surface area contributed by atoms with Crippen LogP contribution in [-0.4, -0.2) is 23.5 Å². The molecule has 2 nitrogen and oxygen atoms in total. The quantitative estimate of drug-likeness (QED) is 0.787. The summed E-state index contributed by atoms with van der Waals surface area (Å²) in [5.74, 6) is 1.84. The van der Waals surface area contributed by atoms with E-state index in [9.17, 15) is 0 Å². The second-order valence-electron chi connectivity index (χ2n) is 3.31. The number of thioether (sulfide) groups is 1. The first kappa shape index (κ1) is 11.7. The molecule has 0 fully saturated rings. The van der Waals surface area contributed by atoms with E-state index in [1.807, 2.05) is 23.9 Å². The highest BCUT2D eigenvalue weighted by Crippen LogP contribution is 2.13. The van der Waals surface area contributed by atoms with Crippen molar-refractivity contribution in [2.75, 3.05) is 23.9 Å². The number of pyridine rings is 1. The molecule has 1 aromatic rings. The summed E-state index contributed by atoms with van der Waals surface area (Å²) >= 11 is 7.64. The molecule has 0 aromatic carbocycles. The van der Waals surface area contributed by atoms with Crippen molar-refractivity contribution in [2.45, 2.75) is 6.92 Å². The monoisotopic (exact) mass is 230 g/mol. The lowest BCUT2D eigenvalue weighted by atomic mass is 10.2. The molecule has 14 heavy (non-hydrogen) atoms. The van der Waals surface area contributed by atoms with Gasteiger partial charge in [-0.05, 0) is 30.1 Å². The summed E-state index contributed by atoms with van der Waals surface area (Å²) in [6.45, 7) is 3.20.